The third kappa shape index (κ3) is 3.28. The zero-order valence-corrected chi connectivity index (χ0v) is 13.8. The van der Waals surface area contributed by atoms with E-state index in [2.05, 4.69) is 9.97 Å². The van der Waals surface area contributed by atoms with Gasteiger partial charge in [-0.05, 0) is 30.7 Å². The van der Waals surface area contributed by atoms with Crippen LogP contribution < -0.4 is 9.64 Å². The minimum Gasteiger partial charge on any atom is -0.490 e. The van der Waals surface area contributed by atoms with E-state index in [1.54, 1.807) is 25.6 Å². The van der Waals surface area contributed by atoms with E-state index in [-0.39, 0.29) is 18.0 Å². The fourth-order valence-corrected chi connectivity index (χ4v) is 3.07. The lowest BCUT2D eigenvalue weighted by Gasteiger charge is -2.22. The molecule has 0 amide bonds. The Hall–Kier alpha value is -2.67. The molecule has 6 nitrogen and oxygen atoms in total. The first-order chi connectivity index (χ1) is 12.2. The van der Waals surface area contributed by atoms with Crippen molar-refractivity contribution in [2.45, 2.75) is 18.6 Å². The van der Waals surface area contributed by atoms with Crippen LogP contribution in [-0.4, -0.2) is 42.4 Å². The van der Waals surface area contributed by atoms with E-state index in [0.717, 1.165) is 6.42 Å². The van der Waals surface area contributed by atoms with Gasteiger partial charge in [0, 0.05) is 25.9 Å². The SMILES string of the molecule is CO[C@@H]1C[C@@H](COc2cccnc2)N(c2nc3ccc(F)cc3o2)C1. The molecule has 130 valence electrons. The molecular weight excluding hydrogens is 325 g/mol. The molecule has 4 rings (SSSR count). The van der Waals surface area contributed by atoms with Crippen LogP contribution in [0.25, 0.3) is 11.1 Å². The molecule has 1 saturated heterocycles. The van der Waals surface area contributed by atoms with E-state index in [1.807, 2.05) is 17.0 Å². The van der Waals surface area contributed by atoms with Gasteiger partial charge in [-0.1, -0.05) is 0 Å². The Morgan fingerprint density at radius 2 is 2.28 bits per heavy atom. The highest BCUT2D eigenvalue weighted by Gasteiger charge is 2.35. The molecule has 3 aromatic rings. The summed E-state index contributed by atoms with van der Waals surface area (Å²) in [5, 5.41) is 0. The Labute approximate surface area is 144 Å². The maximum atomic E-state index is 13.4. The molecule has 3 heterocycles. The Morgan fingerprint density at radius 3 is 3.08 bits per heavy atom. The maximum absolute atomic E-state index is 13.4. The van der Waals surface area contributed by atoms with Crippen LogP contribution in [0.1, 0.15) is 6.42 Å². The van der Waals surface area contributed by atoms with Gasteiger partial charge in [0.25, 0.3) is 6.01 Å². The largest absolute Gasteiger partial charge is 0.490 e. The van der Waals surface area contributed by atoms with Gasteiger partial charge in [-0.2, -0.15) is 4.98 Å². The van der Waals surface area contributed by atoms with Gasteiger partial charge in [-0.25, -0.2) is 4.39 Å². The molecule has 0 bridgehead atoms. The zero-order valence-electron chi connectivity index (χ0n) is 13.8. The normalized spacial score (nSPS) is 20.3. The van der Waals surface area contributed by atoms with Crippen molar-refractivity contribution in [2.75, 3.05) is 25.2 Å². The summed E-state index contributed by atoms with van der Waals surface area (Å²) in [4.78, 5) is 10.5. The molecule has 25 heavy (non-hydrogen) atoms. The van der Waals surface area contributed by atoms with Crippen molar-refractivity contribution in [3.63, 3.8) is 0 Å². The smallest absolute Gasteiger partial charge is 0.298 e. The number of anilines is 1. The van der Waals surface area contributed by atoms with Crippen LogP contribution in [0, 0.1) is 5.82 Å². The number of hydrogen-bond acceptors (Lipinski definition) is 6. The van der Waals surface area contributed by atoms with Gasteiger partial charge in [0.15, 0.2) is 5.58 Å². The van der Waals surface area contributed by atoms with E-state index in [0.29, 0.717) is 36.0 Å². The molecular formula is C18H18FN3O3. The molecule has 0 aliphatic carbocycles. The quantitative estimate of drug-likeness (QED) is 0.710. The number of benzene rings is 1. The standard InChI is InChI=1S/C18H18FN3O3/c1-23-15-8-13(11-24-14-3-2-6-20-9-14)22(10-15)18-21-16-5-4-12(19)7-17(16)25-18/h2-7,9,13,15H,8,10-11H2,1H3/t13-,15+/m0/s1. The second-order valence-electron chi connectivity index (χ2n) is 6.01. The highest BCUT2D eigenvalue weighted by atomic mass is 19.1. The van der Waals surface area contributed by atoms with Crippen molar-refractivity contribution in [2.24, 2.45) is 0 Å². The first-order valence-corrected chi connectivity index (χ1v) is 8.11. The topological polar surface area (TPSA) is 60.6 Å². The summed E-state index contributed by atoms with van der Waals surface area (Å²) in [5.41, 5.74) is 1.06. The number of fused-ring (bicyclic) bond motifs is 1. The average molecular weight is 343 g/mol. The van der Waals surface area contributed by atoms with E-state index in [1.165, 1.54) is 12.1 Å². The molecule has 1 aromatic carbocycles. The second kappa shape index (κ2) is 6.68. The number of ether oxygens (including phenoxy) is 2. The number of oxazole rings is 1. The number of halogens is 1. The van der Waals surface area contributed by atoms with Crippen LogP contribution >= 0.6 is 0 Å². The molecule has 0 saturated carbocycles. The first-order valence-electron chi connectivity index (χ1n) is 8.11. The van der Waals surface area contributed by atoms with Crippen molar-refractivity contribution in [3.05, 3.63) is 48.5 Å². The molecule has 0 spiro atoms. The lowest BCUT2D eigenvalue weighted by molar-refractivity contribution is 0.115. The third-order valence-corrected chi connectivity index (χ3v) is 4.37. The summed E-state index contributed by atoms with van der Waals surface area (Å²) in [5.74, 6) is 0.366. The number of rotatable bonds is 5. The number of aromatic nitrogens is 2. The van der Waals surface area contributed by atoms with Gasteiger partial charge in [0.05, 0.1) is 18.3 Å². The van der Waals surface area contributed by atoms with Gasteiger partial charge < -0.3 is 18.8 Å². The summed E-state index contributed by atoms with van der Waals surface area (Å²) in [7, 11) is 1.69. The lowest BCUT2D eigenvalue weighted by atomic mass is 10.2. The van der Waals surface area contributed by atoms with Crippen LogP contribution in [0.15, 0.2) is 47.1 Å². The van der Waals surface area contributed by atoms with Crippen molar-refractivity contribution in [1.29, 1.82) is 0 Å². The lowest BCUT2D eigenvalue weighted by Crippen LogP contribution is -2.34. The maximum Gasteiger partial charge on any atom is 0.298 e. The van der Waals surface area contributed by atoms with E-state index < -0.39 is 0 Å². The second-order valence-corrected chi connectivity index (χ2v) is 6.01. The highest BCUT2D eigenvalue weighted by Crippen LogP contribution is 2.30. The minimum atomic E-state index is -0.345. The van der Waals surface area contributed by atoms with Crippen LogP contribution in [0.4, 0.5) is 10.4 Å². The summed E-state index contributed by atoms with van der Waals surface area (Å²) >= 11 is 0. The molecule has 0 unspecified atom stereocenters. The van der Waals surface area contributed by atoms with Crippen LogP contribution in [0.3, 0.4) is 0 Å². The van der Waals surface area contributed by atoms with Gasteiger partial charge >= 0.3 is 0 Å². The first kappa shape index (κ1) is 15.8. The molecule has 1 fully saturated rings. The zero-order chi connectivity index (χ0) is 17.2. The van der Waals surface area contributed by atoms with Gasteiger partial charge in [0.1, 0.15) is 23.7 Å². The van der Waals surface area contributed by atoms with Crippen LogP contribution in [-0.2, 0) is 4.74 Å². The third-order valence-electron chi connectivity index (χ3n) is 4.37. The van der Waals surface area contributed by atoms with Crippen molar-refractivity contribution >= 4 is 17.1 Å². The molecule has 0 radical (unpaired) electrons. The summed E-state index contributed by atoms with van der Waals surface area (Å²) in [6.45, 7) is 1.10. The molecule has 1 aliphatic heterocycles. The number of nitrogens with zero attached hydrogens (tertiary/aromatic N) is 3. The highest BCUT2D eigenvalue weighted by molar-refractivity contribution is 5.74. The predicted molar refractivity (Wildman–Crippen MR) is 90.2 cm³/mol. The fraction of sp³-hybridized carbons (Fsp3) is 0.333. The number of methoxy groups -OCH3 is 1. The molecule has 2 atom stereocenters. The van der Waals surface area contributed by atoms with E-state index in [9.17, 15) is 4.39 Å². The summed E-state index contributed by atoms with van der Waals surface area (Å²) < 4.78 is 30.5. The fourth-order valence-electron chi connectivity index (χ4n) is 3.07. The van der Waals surface area contributed by atoms with Crippen molar-refractivity contribution in [3.8, 4) is 5.75 Å². The minimum absolute atomic E-state index is 0.0445. The number of pyridine rings is 1. The average Bonchev–Trinajstić information content (AvgIpc) is 3.23. The Balaban J connectivity index is 1.56. The van der Waals surface area contributed by atoms with Gasteiger partial charge in [-0.15, -0.1) is 0 Å². The van der Waals surface area contributed by atoms with E-state index in [4.69, 9.17) is 13.9 Å². The van der Waals surface area contributed by atoms with E-state index >= 15 is 0 Å². The Morgan fingerprint density at radius 1 is 1.36 bits per heavy atom. The number of hydrogen-bond donors (Lipinski definition) is 0. The molecule has 0 N–H and O–H groups in total. The monoisotopic (exact) mass is 343 g/mol. The Bertz CT molecular complexity index is 855. The predicted octanol–water partition coefficient (Wildman–Crippen LogP) is 3.03. The molecule has 7 heteroatoms. The summed E-state index contributed by atoms with van der Waals surface area (Å²) in [6, 6.07) is 8.53. The molecule has 1 aliphatic rings. The summed E-state index contributed by atoms with van der Waals surface area (Å²) in [6.07, 6.45) is 4.24. The van der Waals surface area contributed by atoms with Crippen LogP contribution in [0.2, 0.25) is 0 Å². The van der Waals surface area contributed by atoms with Crippen molar-refractivity contribution in [1.82, 2.24) is 9.97 Å². The van der Waals surface area contributed by atoms with Gasteiger partial charge in [0.2, 0.25) is 0 Å². The van der Waals surface area contributed by atoms with Crippen LogP contribution in [0.5, 0.6) is 5.75 Å². The van der Waals surface area contributed by atoms with Crippen molar-refractivity contribution < 1.29 is 18.3 Å². The van der Waals surface area contributed by atoms with Gasteiger partial charge in [-0.3, -0.25) is 4.98 Å². The Kier molecular flexibility index (Phi) is 4.23. The molecule has 2 aromatic heterocycles.